The highest BCUT2D eigenvalue weighted by molar-refractivity contribution is 7.15. The van der Waals surface area contributed by atoms with Gasteiger partial charge in [-0.2, -0.15) is 0 Å². The summed E-state index contributed by atoms with van der Waals surface area (Å²) in [7, 11) is 0. The van der Waals surface area contributed by atoms with E-state index in [-0.39, 0.29) is 11.8 Å². The van der Waals surface area contributed by atoms with Crippen molar-refractivity contribution in [3.05, 3.63) is 11.1 Å². The van der Waals surface area contributed by atoms with Crippen molar-refractivity contribution < 1.29 is 4.79 Å². The third kappa shape index (κ3) is 3.64. The van der Waals surface area contributed by atoms with Crippen LogP contribution in [0.15, 0.2) is 6.20 Å². The molecule has 14 heavy (non-hydrogen) atoms. The lowest BCUT2D eigenvalue weighted by Gasteiger charge is -1.99. The molecule has 0 spiro atoms. The number of carbonyl (C=O) groups is 1. The zero-order valence-corrected chi connectivity index (χ0v) is 9.78. The summed E-state index contributed by atoms with van der Waals surface area (Å²) in [6.07, 6.45) is 2.79. The average molecular weight is 233 g/mol. The molecule has 0 aliphatic carbocycles. The summed E-state index contributed by atoms with van der Waals surface area (Å²) in [6.45, 7) is 4.30. The molecule has 0 radical (unpaired) electrons. The van der Waals surface area contributed by atoms with Crippen LogP contribution in [-0.4, -0.2) is 16.8 Å². The molecule has 0 fully saturated rings. The van der Waals surface area contributed by atoms with Crippen molar-refractivity contribution in [2.75, 3.05) is 11.2 Å². The number of nitrogens with one attached hydrogen (secondary N) is 1. The van der Waals surface area contributed by atoms with Gasteiger partial charge in [0.1, 0.15) is 5.88 Å². The van der Waals surface area contributed by atoms with Crippen molar-refractivity contribution >= 4 is 34.0 Å². The molecule has 1 heterocycles. The van der Waals surface area contributed by atoms with E-state index >= 15 is 0 Å². The van der Waals surface area contributed by atoms with Gasteiger partial charge < -0.3 is 5.32 Å². The fourth-order valence-corrected chi connectivity index (χ4v) is 2.12. The SMILES string of the molecule is CC(C)Cc1cnc(NC(=O)CCl)s1. The van der Waals surface area contributed by atoms with E-state index < -0.39 is 0 Å². The summed E-state index contributed by atoms with van der Waals surface area (Å²) < 4.78 is 0. The van der Waals surface area contributed by atoms with Crippen molar-refractivity contribution in [2.24, 2.45) is 5.92 Å². The minimum Gasteiger partial charge on any atom is -0.301 e. The Balaban J connectivity index is 2.55. The van der Waals surface area contributed by atoms with Crippen molar-refractivity contribution in [3.8, 4) is 0 Å². The van der Waals surface area contributed by atoms with Crippen LogP contribution in [0.4, 0.5) is 5.13 Å². The van der Waals surface area contributed by atoms with E-state index in [2.05, 4.69) is 24.1 Å². The highest BCUT2D eigenvalue weighted by Crippen LogP contribution is 2.20. The Morgan fingerprint density at radius 2 is 2.43 bits per heavy atom. The number of hydrogen-bond donors (Lipinski definition) is 1. The van der Waals surface area contributed by atoms with E-state index in [4.69, 9.17) is 11.6 Å². The van der Waals surface area contributed by atoms with Crippen LogP contribution in [0.1, 0.15) is 18.7 Å². The van der Waals surface area contributed by atoms with Gasteiger partial charge >= 0.3 is 0 Å². The fraction of sp³-hybridized carbons (Fsp3) is 0.556. The highest BCUT2D eigenvalue weighted by atomic mass is 35.5. The molecule has 1 N–H and O–H groups in total. The van der Waals surface area contributed by atoms with Crippen LogP contribution in [0.25, 0.3) is 0 Å². The second kappa shape index (κ2) is 5.32. The van der Waals surface area contributed by atoms with E-state index in [0.29, 0.717) is 11.0 Å². The Morgan fingerprint density at radius 3 is 3.00 bits per heavy atom. The van der Waals surface area contributed by atoms with Crippen molar-refractivity contribution in [1.82, 2.24) is 4.98 Å². The van der Waals surface area contributed by atoms with Gasteiger partial charge in [-0.25, -0.2) is 4.98 Å². The molecule has 0 bridgehead atoms. The van der Waals surface area contributed by atoms with Crippen LogP contribution >= 0.6 is 22.9 Å². The number of halogens is 1. The van der Waals surface area contributed by atoms with Gasteiger partial charge in [0, 0.05) is 11.1 Å². The van der Waals surface area contributed by atoms with Crippen LogP contribution < -0.4 is 5.32 Å². The second-order valence-electron chi connectivity index (χ2n) is 3.41. The molecule has 0 aromatic carbocycles. The molecule has 1 amide bonds. The first-order valence-electron chi connectivity index (χ1n) is 4.42. The summed E-state index contributed by atoms with van der Waals surface area (Å²) in [5, 5.41) is 3.25. The van der Waals surface area contributed by atoms with Crippen LogP contribution in [0, 0.1) is 5.92 Å². The molecule has 0 unspecified atom stereocenters. The van der Waals surface area contributed by atoms with Crippen molar-refractivity contribution in [3.63, 3.8) is 0 Å². The molecule has 0 aliphatic rings. The van der Waals surface area contributed by atoms with Gasteiger partial charge in [0.15, 0.2) is 5.13 Å². The van der Waals surface area contributed by atoms with Crippen molar-refractivity contribution in [2.45, 2.75) is 20.3 Å². The smallest absolute Gasteiger partial charge is 0.241 e. The molecule has 3 nitrogen and oxygen atoms in total. The topological polar surface area (TPSA) is 42.0 Å². The lowest BCUT2D eigenvalue weighted by molar-refractivity contribution is -0.113. The number of amides is 1. The first-order valence-corrected chi connectivity index (χ1v) is 5.77. The molecular formula is C9H13ClN2OS. The lowest BCUT2D eigenvalue weighted by atomic mass is 10.1. The molecule has 0 saturated heterocycles. The predicted molar refractivity (Wildman–Crippen MR) is 60.0 cm³/mol. The third-order valence-corrected chi connectivity index (χ3v) is 2.71. The molecule has 78 valence electrons. The molecule has 0 atom stereocenters. The molecule has 5 heteroatoms. The maximum Gasteiger partial charge on any atom is 0.241 e. The normalized spacial score (nSPS) is 10.6. The Bertz CT molecular complexity index is 312. The number of rotatable bonds is 4. The Morgan fingerprint density at radius 1 is 1.71 bits per heavy atom. The summed E-state index contributed by atoms with van der Waals surface area (Å²) in [5.74, 6) is 0.364. The number of thiazole rings is 1. The minimum atomic E-state index is -0.211. The standard InChI is InChI=1S/C9H13ClN2OS/c1-6(2)3-7-5-11-9(14-7)12-8(13)4-10/h5-6H,3-4H2,1-2H3,(H,11,12,13). The van der Waals surface area contributed by atoms with E-state index in [1.165, 1.54) is 16.2 Å². The fourth-order valence-electron chi connectivity index (χ4n) is 1.01. The lowest BCUT2D eigenvalue weighted by Crippen LogP contribution is -2.11. The minimum absolute atomic E-state index is 0.0287. The van der Waals surface area contributed by atoms with Gasteiger partial charge in [-0.15, -0.1) is 22.9 Å². The third-order valence-electron chi connectivity index (χ3n) is 1.53. The quantitative estimate of drug-likeness (QED) is 0.811. The van der Waals surface area contributed by atoms with Gasteiger partial charge in [-0.05, 0) is 12.3 Å². The van der Waals surface area contributed by atoms with Gasteiger partial charge in [-0.3, -0.25) is 4.79 Å². The van der Waals surface area contributed by atoms with Crippen LogP contribution in [0.2, 0.25) is 0 Å². The zero-order chi connectivity index (χ0) is 10.6. The maximum atomic E-state index is 10.9. The van der Waals surface area contributed by atoms with Gasteiger partial charge in [0.25, 0.3) is 0 Å². The molecule has 0 aliphatic heterocycles. The first-order chi connectivity index (χ1) is 6.61. The number of carbonyl (C=O) groups excluding carboxylic acids is 1. The molecule has 0 saturated carbocycles. The number of aromatic nitrogens is 1. The predicted octanol–water partition coefficient (Wildman–Crippen LogP) is 2.52. The highest BCUT2D eigenvalue weighted by Gasteiger charge is 2.06. The van der Waals surface area contributed by atoms with E-state index in [1.54, 1.807) is 6.20 Å². The van der Waals surface area contributed by atoms with Crippen LogP contribution in [0.3, 0.4) is 0 Å². The Hall–Kier alpha value is -0.610. The second-order valence-corrected chi connectivity index (χ2v) is 4.79. The summed E-state index contributed by atoms with van der Waals surface area (Å²) in [5.41, 5.74) is 0. The summed E-state index contributed by atoms with van der Waals surface area (Å²) in [4.78, 5) is 16.2. The van der Waals surface area contributed by atoms with Gasteiger partial charge in [-0.1, -0.05) is 13.8 Å². The van der Waals surface area contributed by atoms with Crippen LogP contribution in [0.5, 0.6) is 0 Å². The number of hydrogen-bond acceptors (Lipinski definition) is 3. The van der Waals surface area contributed by atoms with E-state index in [1.807, 2.05) is 0 Å². The van der Waals surface area contributed by atoms with Gasteiger partial charge in [0.05, 0.1) is 0 Å². The molecule has 1 aromatic rings. The summed E-state index contributed by atoms with van der Waals surface area (Å²) >= 11 is 6.86. The average Bonchev–Trinajstić information content (AvgIpc) is 2.51. The molecule has 1 aromatic heterocycles. The van der Waals surface area contributed by atoms with E-state index in [0.717, 1.165) is 6.42 Å². The van der Waals surface area contributed by atoms with Crippen molar-refractivity contribution in [1.29, 1.82) is 0 Å². The Labute approximate surface area is 92.5 Å². The Kier molecular flexibility index (Phi) is 4.35. The number of alkyl halides is 1. The monoisotopic (exact) mass is 232 g/mol. The summed E-state index contributed by atoms with van der Waals surface area (Å²) in [6, 6.07) is 0. The number of anilines is 1. The molecular weight excluding hydrogens is 220 g/mol. The molecule has 1 rings (SSSR count). The maximum absolute atomic E-state index is 10.9. The van der Waals surface area contributed by atoms with Gasteiger partial charge in [0.2, 0.25) is 5.91 Å². The van der Waals surface area contributed by atoms with E-state index in [9.17, 15) is 4.79 Å². The number of nitrogens with zero attached hydrogens (tertiary/aromatic N) is 1. The zero-order valence-electron chi connectivity index (χ0n) is 8.21. The first kappa shape index (κ1) is 11.5. The largest absolute Gasteiger partial charge is 0.301 e. The van der Waals surface area contributed by atoms with Crippen LogP contribution in [-0.2, 0) is 11.2 Å².